The van der Waals surface area contributed by atoms with Crippen molar-refractivity contribution in [1.29, 1.82) is 0 Å². The van der Waals surface area contributed by atoms with E-state index in [2.05, 4.69) is 4.98 Å². The molecular weight excluding hydrogens is 256 g/mol. The summed E-state index contributed by atoms with van der Waals surface area (Å²) in [4.78, 5) is 29.0. The van der Waals surface area contributed by atoms with Gasteiger partial charge >= 0.3 is 0 Å². The Bertz CT molecular complexity index is 945. The van der Waals surface area contributed by atoms with E-state index >= 15 is 0 Å². The minimum absolute atomic E-state index is 0.222. The van der Waals surface area contributed by atoms with Gasteiger partial charge in [-0.2, -0.15) is 0 Å². The van der Waals surface area contributed by atoms with Gasteiger partial charge in [-0.1, -0.05) is 0 Å². The van der Waals surface area contributed by atoms with E-state index in [1.165, 1.54) is 24.1 Å². The second-order valence-corrected chi connectivity index (χ2v) is 4.50. The van der Waals surface area contributed by atoms with Crippen LogP contribution in [0.4, 0.5) is 0 Å². The van der Waals surface area contributed by atoms with E-state index in [1.807, 2.05) is 0 Å². The third-order valence-corrected chi connectivity index (χ3v) is 3.41. The number of hydrogen-bond acceptors (Lipinski definition) is 4. The van der Waals surface area contributed by atoms with Crippen molar-refractivity contribution in [2.45, 2.75) is 0 Å². The number of nitrogens with zero attached hydrogens (tertiary/aromatic N) is 2. The summed E-state index contributed by atoms with van der Waals surface area (Å²) < 4.78 is 6.62. The van der Waals surface area contributed by atoms with Crippen molar-refractivity contribution < 1.29 is 4.74 Å². The van der Waals surface area contributed by atoms with Gasteiger partial charge in [0, 0.05) is 19.4 Å². The normalized spacial score (nSPS) is 10.9. The van der Waals surface area contributed by atoms with Crippen molar-refractivity contribution in [3.8, 4) is 5.75 Å². The highest BCUT2D eigenvalue weighted by molar-refractivity contribution is 5.90. The highest BCUT2D eigenvalue weighted by Crippen LogP contribution is 2.17. The average Bonchev–Trinajstić information content (AvgIpc) is 2.58. The Morgan fingerprint density at radius 2 is 1.90 bits per heavy atom. The average molecular weight is 268 g/mol. The van der Waals surface area contributed by atoms with Crippen LogP contribution < -0.4 is 15.7 Å². The van der Waals surface area contributed by atoms with Crippen LogP contribution in [0.2, 0.25) is 0 Å². The molecule has 2 heterocycles. The van der Waals surface area contributed by atoms with Crippen LogP contribution in [-0.4, -0.2) is 16.7 Å². The topological polar surface area (TPSA) is 61.2 Å². The van der Waals surface area contributed by atoms with Gasteiger partial charge in [0.1, 0.15) is 5.75 Å². The van der Waals surface area contributed by atoms with Gasteiger partial charge in [-0.3, -0.25) is 14.6 Å². The summed E-state index contributed by atoms with van der Waals surface area (Å²) in [5, 5.41) is 1.12. The number of aromatic nitrogens is 2. The largest absolute Gasteiger partial charge is 0.497 e. The zero-order chi connectivity index (χ0) is 14.3. The van der Waals surface area contributed by atoms with Crippen LogP contribution in [0, 0.1) is 0 Å². The van der Waals surface area contributed by atoms with Gasteiger partial charge in [-0.25, -0.2) is 0 Å². The molecule has 5 nitrogen and oxygen atoms in total. The Morgan fingerprint density at radius 1 is 1.10 bits per heavy atom. The zero-order valence-electron chi connectivity index (χ0n) is 11.1. The predicted octanol–water partition coefficient (Wildman–Crippen LogP) is 1.46. The fourth-order valence-corrected chi connectivity index (χ4v) is 2.31. The van der Waals surface area contributed by atoms with E-state index in [0.29, 0.717) is 27.4 Å². The summed E-state index contributed by atoms with van der Waals surface area (Å²) in [6, 6.07) is 6.64. The summed E-state index contributed by atoms with van der Waals surface area (Å²) in [6.45, 7) is 0. The lowest BCUT2D eigenvalue weighted by molar-refractivity contribution is 0.415. The van der Waals surface area contributed by atoms with E-state index in [9.17, 15) is 9.59 Å². The highest BCUT2D eigenvalue weighted by atomic mass is 16.5. The molecular formula is C15H12N2O3. The molecule has 100 valence electrons. The Balaban J connectivity index is 2.72. The molecule has 0 spiro atoms. The smallest absolute Gasteiger partial charge is 0.258 e. The molecule has 2 aromatic heterocycles. The molecule has 1 aromatic carbocycles. The van der Waals surface area contributed by atoms with Crippen LogP contribution in [0.15, 0.2) is 46.2 Å². The lowest BCUT2D eigenvalue weighted by Gasteiger charge is -2.02. The molecule has 0 saturated heterocycles. The molecule has 0 N–H and O–H groups in total. The molecule has 0 aliphatic rings. The first-order valence-electron chi connectivity index (χ1n) is 6.08. The Morgan fingerprint density at radius 3 is 2.65 bits per heavy atom. The van der Waals surface area contributed by atoms with E-state index in [4.69, 9.17) is 4.74 Å². The number of pyridine rings is 1. The van der Waals surface area contributed by atoms with E-state index < -0.39 is 0 Å². The van der Waals surface area contributed by atoms with E-state index in [-0.39, 0.29) is 11.0 Å². The summed E-state index contributed by atoms with van der Waals surface area (Å²) in [6.07, 6.45) is 2.94. The van der Waals surface area contributed by atoms with Gasteiger partial charge in [-0.15, -0.1) is 0 Å². The number of ether oxygens (including phenoxy) is 1. The van der Waals surface area contributed by atoms with Crippen LogP contribution in [0.25, 0.3) is 21.7 Å². The van der Waals surface area contributed by atoms with Crippen molar-refractivity contribution in [1.82, 2.24) is 9.55 Å². The molecule has 0 amide bonds. The maximum absolute atomic E-state index is 12.6. The first-order valence-corrected chi connectivity index (χ1v) is 6.08. The van der Waals surface area contributed by atoms with E-state index in [0.717, 1.165) is 0 Å². The number of aryl methyl sites for hydroxylation is 1. The monoisotopic (exact) mass is 268 g/mol. The number of benzene rings is 1. The number of hydrogen-bond donors (Lipinski definition) is 0. The molecule has 0 aliphatic heterocycles. The van der Waals surface area contributed by atoms with E-state index in [1.54, 1.807) is 31.3 Å². The van der Waals surface area contributed by atoms with Gasteiger partial charge in [0.15, 0.2) is 5.43 Å². The summed E-state index contributed by atoms with van der Waals surface area (Å²) in [5.41, 5.74) is 0.122. The molecule has 0 bridgehead atoms. The Kier molecular flexibility index (Phi) is 2.75. The molecule has 0 radical (unpaired) electrons. The number of fused-ring (bicyclic) bond motifs is 2. The van der Waals surface area contributed by atoms with Crippen molar-refractivity contribution in [3.63, 3.8) is 0 Å². The van der Waals surface area contributed by atoms with Crippen LogP contribution >= 0.6 is 0 Å². The number of rotatable bonds is 1. The van der Waals surface area contributed by atoms with Crippen LogP contribution in [-0.2, 0) is 7.05 Å². The van der Waals surface area contributed by atoms with Crippen LogP contribution in [0.5, 0.6) is 5.75 Å². The summed E-state index contributed by atoms with van der Waals surface area (Å²) >= 11 is 0. The standard InChI is InChI=1S/C15H12N2O3/c1-17-13-4-3-9(20-2)7-11(13)14(18)12-8-16-6-5-10(12)15(17)19/h3-8H,1-2H3. The summed E-state index contributed by atoms with van der Waals surface area (Å²) in [7, 11) is 3.18. The first kappa shape index (κ1) is 12.3. The Labute approximate surface area is 114 Å². The third-order valence-electron chi connectivity index (χ3n) is 3.41. The number of methoxy groups -OCH3 is 1. The van der Waals surface area contributed by atoms with Gasteiger partial charge < -0.3 is 9.30 Å². The third kappa shape index (κ3) is 1.67. The van der Waals surface area contributed by atoms with Crippen molar-refractivity contribution in [3.05, 3.63) is 57.2 Å². The summed E-state index contributed by atoms with van der Waals surface area (Å²) in [5.74, 6) is 0.574. The predicted molar refractivity (Wildman–Crippen MR) is 77.3 cm³/mol. The molecule has 5 heteroatoms. The first-order chi connectivity index (χ1) is 9.63. The Hall–Kier alpha value is -2.69. The van der Waals surface area contributed by atoms with Gasteiger partial charge in [0.2, 0.25) is 0 Å². The van der Waals surface area contributed by atoms with Crippen molar-refractivity contribution in [2.75, 3.05) is 7.11 Å². The maximum Gasteiger partial charge on any atom is 0.258 e. The molecule has 0 atom stereocenters. The quantitative estimate of drug-likeness (QED) is 0.670. The van der Waals surface area contributed by atoms with Gasteiger partial charge in [0.25, 0.3) is 5.56 Å². The fourth-order valence-electron chi connectivity index (χ4n) is 2.31. The van der Waals surface area contributed by atoms with Gasteiger partial charge in [0.05, 0.1) is 28.8 Å². The second-order valence-electron chi connectivity index (χ2n) is 4.50. The molecule has 0 unspecified atom stereocenters. The van der Waals surface area contributed by atoms with Gasteiger partial charge in [-0.05, 0) is 24.3 Å². The fraction of sp³-hybridized carbons (Fsp3) is 0.133. The molecule has 3 aromatic rings. The lowest BCUT2D eigenvalue weighted by Crippen LogP contribution is -2.14. The SMILES string of the molecule is COc1ccc2c(c1)c(=O)c1cnccc1c(=O)n2C. The zero-order valence-corrected chi connectivity index (χ0v) is 11.1. The highest BCUT2D eigenvalue weighted by Gasteiger charge is 2.09. The molecule has 0 saturated carbocycles. The lowest BCUT2D eigenvalue weighted by atomic mass is 10.2. The van der Waals surface area contributed by atoms with Crippen molar-refractivity contribution in [2.24, 2.45) is 7.05 Å². The minimum atomic E-state index is -0.223. The minimum Gasteiger partial charge on any atom is -0.497 e. The van der Waals surface area contributed by atoms with Crippen LogP contribution in [0.1, 0.15) is 0 Å². The molecule has 3 rings (SSSR count). The van der Waals surface area contributed by atoms with Crippen LogP contribution in [0.3, 0.4) is 0 Å². The molecule has 0 aliphatic carbocycles. The molecule has 0 fully saturated rings. The maximum atomic E-state index is 12.6. The second kappa shape index (κ2) is 4.45. The molecule has 20 heavy (non-hydrogen) atoms. The van der Waals surface area contributed by atoms with Crippen molar-refractivity contribution >= 4 is 21.7 Å².